The fourth-order valence-electron chi connectivity index (χ4n) is 2.61. The lowest BCUT2D eigenvalue weighted by Crippen LogP contribution is -2.36. The van der Waals surface area contributed by atoms with Crippen LogP contribution in [0.4, 0.5) is 11.6 Å². The van der Waals surface area contributed by atoms with Gasteiger partial charge >= 0.3 is 0 Å². The van der Waals surface area contributed by atoms with E-state index in [1.54, 1.807) is 6.33 Å². The third kappa shape index (κ3) is 5.15. The van der Waals surface area contributed by atoms with E-state index in [1.807, 2.05) is 36.4 Å². The Morgan fingerprint density at radius 3 is 2.72 bits per heavy atom. The Bertz CT molecular complexity index is 674. The molecule has 7 heteroatoms. The number of nitrogens with zero attached hydrogens (tertiary/aromatic N) is 3. The van der Waals surface area contributed by atoms with Crippen molar-refractivity contribution >= 4 is 17.5 Å². The number of amides is 1. The molecular formula is C18H23N5O2. The molecule has 0 bridgehead atoms. The van der Waals surface area contributed by atoms with E-state index >= 15 is 0 Å². The minimum Gasteiger partial charge on any atom is -0.378 e. The van der Waals surface area contributed by atoms with E-state index in [1.165, 1.54) is 0 Å². The number of carbonyl (C=O) groups excluding carboxylic acids is 1. The summed E-state index contributed by atoms with van der Waals surface area (Å²) in [6.07, 6.45) is 2.39. The molecule has 25 heavy (non-hydrogen) atoms. The molecule has 3 rings (SSSR count). The van der Waals surface area contributed by atoms with Crippen molar-refractivity contribution in [2.75, 3.05) is 49.6 Å². The molecule has 0 aliphatic carbocycles. The standard InChI is InChI=1S/C18H23N5O2/c24-18(15-5-2-1-3-6-15)20-8-4-7-19-16-13-17(22-14-21-16)23-9-11-25-12-10-23/h1-3,5-6,13-14H,4,7-12H2,(H,20,24)(H,19,21,22). The fraction of sp³-hybridized carbons (Fsp3) is 0.389. The predicted molar refractivity (Wildman–Crippen MR) is 96.9 cm³/mol. The Hall–Kier alpha value is -2.67. The largest absolute Gasteiger partial charge is 0.378 e. The Labute approximate surface area is 147 Å². The summed E-state index contributed by atoms with van der Waals surface area (Å²) in [5.41, 5.74) is 0.682. The highest BCUT2D eigenvalue weighted by Crippen LogP contribution is 2.15. The first kappa shape index (κ1) is 17.2. The average molecular weight is 341 g/mol. The van der Waals surface area contributed by atoms with Gasteiger partial charge in [-0.25, -0.2) is 9.97 Å². The first-order valence-electron chi connectivity index (χ1n) is 8.55. The molecule has 7 nitrogen and oxygen atoms in total. The summed E-state index contributed by atoms with van der Waals surface area (Å²) in [4.78, 5) is 22.7. The van der Waals surface area contributed by atoms with Gasteiger partial charge in [-0.2, -0.15) is 0 Å². The maximum Gasteiger partial charge on any atom is 0.251 e. The van der Waals surface area contributed by atoms with Crippen LogP contribution in [0.5, 0.6) is 0 Å². The number of ether oxygens (including phenoxy) is 1. The smallest absolute Gasteiger partial charge is 0.251 e. The lowest BCUT2D eigenvalue weighted by molar-refractivity contribution is 0.0953. The summed E-state index contributed by atoms with van der Waals surface area (Å²) < 4.78 is 5.36. The van der Waals surface area contributed by atoms with Crippen LogP contribution >= 0.6 is 0 Å². The zero-order chi connectivity index (χ0) is 17.3. The first-order valence-corrected chi connectivity index (χ1v) is 8.55. The summed E-state index contributed by atoms with van der Waals surface area (Å²) in [6.45, 7) is 4.50. The molecule has 1 fully saturated rings. The van der Waals surface area contributed by atoms with Crippen LogP contribution in [0.15, 0.2) is 42.7 Å². The molecule has 1 aromatic heterocycles. The number of aromatic nitrogens is 2. The topological polar surface area (TPSA) is 79.4 Å². The number of carbonyl (C=O) groups is 1. The van der Waals surface area contributed by atoms with Crippen molar-refractivity contribution in [2.45, 2.75) is 6.42 Å². The summed E-state index contributed by atoms with van der Waals surface area (Å²) >= 11 is 0. The van der Waals surface area contributed by atoms with Crippen LogP contribution in [0.3, 0.4) is 0 Å². The predicted octanol–water partition coefficient (Wildman–Crippen LogP) is 1.55. The van der Waals surface area contributed by atoms with Gasteiger partial charge in [0.05, 0.1) is 13.2 Å². The van der Waals surface area contributed by atoms with E-state index in [0.717, 1.165) is 50.9 Å². The summed E-state index contributed by atoms with van der Waals surface area (Å²) in [6, 6.07) is 11.2. The zero-order valence-electron chi connectivity index (χ0n) is 14.1. The van der Waals surface area contributed by atoms with Crippen LogP contribution < -0.4 is 15.5 Å². The van der Waals surface area contributed by atoms with Crippen LogP contribution in [0.1, 0.15) is 16.8 Å². The third-order valence-electron chi connectivity index (χ3n) is 3.97. The molecule has 0 radical (unpaired) electrons. The van der Waals surface area contributed by atoms with Crippen LogP contribution in [0.2, 0.25) is 0 Å². The highest BCUT2D eigenvalue weighted by Gasteiger charge is 2.12. The van der Waals surface area contributed by atoms with Gasteiger partial charge in [-0.3, -0.25) is 4.79 Å². The van der Waals surface area contributed by atoms with E-state index in [2.05, 4.69) is 25.5 Å². The second kappa shape index (κ2) is 8.98. The number of hydrogen-bond donors (Lipinski definition) is 2. The highest BCUT2D eigenvalue weighted by molar-refractivity contribution is 5.94. The van der Waals surface area contributed by atoms with Gasteiger partial charge in [0.25, 0.3) is 5.91 Å². The first-order chi connectivity index (χ1) is 12.3. The van der Waals surface area contributed by atoms with Crippen molar-refractivity contribution in [3.8, 4) is 0 Å². The lowest BCUT2D eigenvalue weighted by Gasteiger charge is -2.27. The molecule has 0 atom stereocenters. The molecule has 1 aromatic carbocycles. The van der Waals surface area contributed by atoms with Gasteiger partial charge in [0.15, 0.2) is 0 Å². The average Bonchev–Trinajstić information content (AvgIpc) is 2.69. The van der Waals surface area contributed by atoms with Gasteiger partial charge in [0.1, 0.15) is 18.0 Å². The number of nitrogens with one attached hydrogen (secondary N) is 2. The van der Waals surface area contributed by atoms with Crippen molar-refractivity contribution in [3.05, 3.63) is 48.3 Å². The lowest BCUT2D eigenvalue weighted by atomic mass is 10.2. The van der Waals surface area contributed by atoms with Crippen LogP contribution in [-0.2, 0) is 4.74 Å². The molecular weight excluding hydrogens is 318 g/mol. The van der Waals surface area contributed by atoms with Crippen molar-refractivity contribution in [2.24, 2.45) is 0 Å². The van der Waals surface area contributed by atoms with Crippen LogP contribution in [0.25, 0.3) is 0 Å². The van der Waals surface area contributed by atoms with Gasteiger partial charge in [-0.1, -0.05) is 18.2 Å². The minimum absolute atomic E-state index is 0.0442. The number of morpholine rings is 1. The van der Waals surface area contributed by atoms with Gasteiger partial charge < -0.3 is 20.3 Å². The number of rotatable bonds is 7. The molecule has 1 aliphatic rings. The molecule has 2 heterocycles. The Morgan fingerprint density at radius 1 is 1.12 bits per heavy atom. The van der Waals surface area contributed by atoms with Crippen molar-refractivity contribution < 1.29 is 9.53 Å². The third-order valence-corrected chi connectivity index (χ3v) is 3.97. The maximum absolute atomic E-state index is 11.9. The molecule has 2 N–H and O–H groups in total. The summed E-state index contributed by atoms with van der Waals surface area (Å²) in [5.74, 6) is 1.67. The summed E-state index contributed by atoms with van der Waals surface area (Å²) in [7, 11) is 0. The second-order valence-corrected chi connectivity index (χ2v) is 5.76. The Morgan fingerprint density at radius 2 is 1.92 bits per heavy atom. The molecule has 1 aliphatic heterocycles. The zero-order valence-corrected chi connectivity index (χ0v) is 14.1. The molecule has 2 aromatic rings. The molecule has 1 saturated heterocycles. The highest BCUT2D eigenvalue weighted by atomic mass is 16.5. The maximum atomic E-state index is 11.9. The van der Waals surface area contributed by atoms with Crippen molar-refractivity contribution in [3.63, 3.8) is 0 Å². The number of anilines is 2. The molecule has 1 amide bonds. The van der Waals surface area contributed by atoms with Gasteiger partial charge in [-0.15, -0.1) is 0 Å². The molecule has 132 valence electrons. The molecule has 0 saturated carbocycles. The van der Waals surface area contributed by atoms with Crippen LogP contribution in [0, 0.1) is 0 Å². The van der Waals surface area contributed by atoms with Crippen LogP contribution in [-0.4, -0.2) is 55.3 Å². The van der Waals surface area contributed by atoms with Gasteiger partial charge in [-0.05, 0) is 18.6 Å². The molecule has 0 unspecified atom stereocenters. The summed E-state index contributed by atoms with van der Waals surface area (Å²) in [5, 5.41) is 6.19. The number of benzene rings is 1. The van der Waals surface area contributed by atoms with Crippen molar-refractivity contribution in [1.82, 2.24) is 15.3 Å². The quantitative estimate of drug-likeness (QED) is 0.744. The normalized spacial score (nSPS) is 14.2. The van der Waals surface area contributed by atoms with E-state index in [4.69, 9.17) is 4.74 Å². The minimum atomic E-state index is -0.0442. The fourth-order valence-corrected chi connectivity index (χ4v) is 2.61. The second-order valence-electron chi connectivity index (χ2n) is 5.76. The molecule has 0 spiro atoms. The monoisotopic (exact) mass is 341 g/mol. The van der Waals surface area contributed by atoms with E-state index < -0.39 is 0 Å². The van der Waals surface area contributed by atoms with E-state index in [-0.39, 0.29) is 5.91 Å². The van der Waals surface area contributed by atoms with Crippen molar-refractivity contribution in [1.29, 1.82) is 0 Å². The van der Waals surface area contributed by atoms with E-state index in [9.17, 15) is 4.79 Å². The SMILES string of the molecule is O=C(NCCCNc1cc(N2CCOCC2)ncn1)c1ccccc1. The van der Waals surface area contributed by atoms with E-state index in [0.29, 0.717) is 12.1 Å². The van der Waals surface area contributed by atoms with Gasteiger partial charge in [0.2, 0.25) is 0 Å². The van der Waals surface area contributed by atoms with Gasteiger partial charge in [0, 0.05) is 37.8 Å². The Balaban J connectivity index is 1.39. The number of hydrogen-bond acceptors (Lipinski definition) is 6. The Kier molecular flexibility index (Phi) is 6.17.